The lowest BCUT2D eigenvalue weighted by atomic mass is 10.1. The number of halogens is 1. The number of benzene rings is 2. The number of carbonyl (C=O) groups excluding carboxylic acids is 1. The molecule has 106 valence electrons. The van der Waals surface area contributed by atoms with Gasteiger partial charge < -0.3 is 10.6 Å². The third kappa shape index (κ3) is 3.33. The second kappa shape index (κ2) is 6.29. The molecule has 0 aromatic heterocycles. The number of hydrogen-bond donors (Lipinski definition) is 1. The van der Waals surface area contributed by atoms with Crippen molar-refractivity contribution in [1.29, 1.82) is 5.26 Å². The average molecular weight is 300 g/mol. The van der Waals surface area contributed by atoms with Crippen molar-refractivity contribution in [1.82, 2.24) is 4.90 Å². The molecule has 0 fully saturated rings. The van der Waals surface area contributed by atoms with Gasteiger partial charge in [-0.3, -0.25) is 4.79 Å². The Kier molecular flexibility index (Phi) is 4.46. The van der Waals surface area contributed by atoms with Crippen LogP contribution in [0.25, 0.3) is 0 Å². The van der Waals surface area contributed by atoms with Crippen LogP contribution in [0, 0.1) is 11.3 Å². The highest BCUT2D eigenvalue weighted by Crippen LogP contribution is 2.23. The van der Waals surface area contributed by atoms with Crippen molar-refractivity contribution in [3.63, 3.8) is 0 Å². The Balaban J connectivity index is 2.20. The molecule has 0 aliphatic rings. The van der Waals surface area contributed by atoms with Gasteiger partial charge in [0.25, 0.3) is 5.91 Å². The summed E-state index contributed by atoms with van der Waals surface area (Å²) in [6.07, 6.45) is 0. The van der Waals surface area contributed by atoms with Crippen molar-refractivity contribution in [2.75, 3.05) is 12.8 Å². The third-order valence-corrected chi connectivity index (χ3v) is 3.44. The molecule has 0 aliphatic carbocycles. The molecule has 21 heavy (non-hydrogen) atoms. The van der Waals surface area contributed by atoms with Crippen molar-refractivity contribution in [2.24, 2.45) is 0 Å². The van der Waals surface area contributed by atoms with E-state index in [-0.39, 0.29) is 11.6 Å². The summed E-state index contributed by atoms with van der Waals surface area (Å²) in [5.41, 5.74) is 7.94. The predicted octanol–water partition coefficient (Wildman–Crippen LogP) is 3.07. The SMILES string of the molecule is CN(Cc1cccc(C#N)c1)C(=O)c1cccc(Cl)c1N. The number of para-hydroxylation sites is 1. The van der Waals surface area contributed by atoms with E-state index < -0.39 is 0 Å². The molecule has 1 amide bonds. The molecule has 0 bridgehead atoms. The Labute approximate surface area is 128 Å². The van der Waals surface area contributed by atoms with Crippen LogP contribution in [0.4, 0.5) is 5.69 Å². The van der Waals surface area contributed by atoms with E-state index in [9.17, 15) is 4.79 Å². The summed E-state index contributed by atoms with van der Waals surface area (Å²) in [4.78, 5) is 13.9. The molecule has 0 saturated heterocycles. The summed E-state index contributed by atoms with van der Waals surface area (Å²) in [5, 5.41) is 9.25. The van der Waals surface area contributed by atoms with E-state index in [0.717, 1.165) is 5.56 Å². The highest BCUT2D eigenvalue weighted by atomic mass is 35.5. The quantitative estimate of drug-likeness (QED) is 0.885. The van der Waals surface area contributed by atoms with Crippen LogP contribution in [0.3, 0.4) is 0 Å². The summed E-state index contributed by atoms with van der Waals surface area (Å²) in [5.74, 6) is -0.211. The Morgan fingerprint density at radius 1 is 1.33 bits per heavy atom. The first-order chi connectivity index (χ1) is 10.0. The lowest BCUT2D eigenvalue weighted by Gasteiger charge is -2.18. The van der Waals surface area contributed by atoms with Gasteiger partial charge in [0.15, 0.2) is 0 Å². The molecule has 0 saturated carbocycles. The number of amides is 1. The Bertz CT molecular complexity index is 722. The number of nitrogens with zero attached hydrogens (tertiary/aromatic N) is 2. The molecule has 0 unspecified atom stereocenters. The van der Waals surface area contributed by atoms with Gasteiger partial charge in [0, 0.05) is 13.6 Å². The molecule has 4 nitrogen and oxygen atoms in total. The van der Waals surface area contributed by atoms with Gasteiger partial charge in [-0.25, -0.2) is 0 Å². The van der Waals surface area contributed by atoms with Crippen LogP contribution < -0.4 is 5.73 Å². The van der Waals surface area contributed by atoms with Crippen molar-refractivity contribution >= 4 is 23.2 Å². The number of hydrogen-bond acceptors (Lipinski definition) is 3. The number of rotatable bonds is 3. The molecule has 5 heteroatoms. The highest BCUT2D eigenvalue weighted by Gasteiger charge is 2.16. The topological polar surface area (TPSA) is 70.1 Å². The Hall–Kier alpha value is -2.51. The smallest absolute Gasteiger partial charge is 0.256 e. The number of nitrogen functional groups attached to an aromatic ring is 1. The van der Waals surface area contributed by atoms with Crippen molar-refractivity contribution in [3.8, 4) is 6.07 Å². The molecule has 0 atom stereocenters. The van der Waals surface area contributed by atoms with Gasteiger partial charge in [-0.2, -0.15) is 5.26 Å². The van der Waals surface area contributed by atoms with Crippen LogP contribution in [0.5, 0.6) is 0 Å². The molecule has 0 radical (unpaired) electrons. The van der Waals surface area contributed by atoms with Crippen molar-refractivity contribution < 1.29 is 4.79 Å². The Morgan fingerprint density at radius 3 is 2.76 bits per heavy atom. The van der Waals surface area contributed by atoms with Crippen molar-refractivity contribution in [3.05, 3.63) is 64.2 Å². The van der Waals surface area contributed by atoms with Crippen LogP contribution >= 0.6 is 11.6 Å². The first-order valence-electron chi connectivity index (χ1n) is 6.31. The molecule has 2 aromatic carbocycles. The van der Waals surface area contributed by atoms with Gasteiger partial charge in [-0.15, -0.1) is 0 Å². The summed E-state index contributed by atoms with van der Waals surface area (Å²) in [6.45, 7) is 0.389. The molecular formula is C16H14ClN3O. The van der Waals surface area contributed by atoms with E-state index in [1.54, 1.807) is 48.3 Å². The lowest BCUT2D eigenvalue weighted by molar-refractivity contribution is 0.0786. The largest absolute Gasteiger partial charge is 0.397 e. The van der Waals surface area contributed by atoms with Gasteiger partial charge in [0.2, 0.25) is 0 Å². The van der Waals surface area contributed by atoms with Crippen LogP contribution in [0.2, 0.25) is 5.02 Å². The van der Waals surface area contributed by atoms with E-state index in [1.165, 1.54) is 0 Å². The van der Waals surface area contributed by atoms with Gasteiger partial charge in [-0.1, -0.05) is 29.8 Å². The highest BCUT2D eigenvalue weighted by molar-refractivity contribution is 6.33. The zero-order chi connectivity index (χ0) is 15.4. The van der Waals surface area contributed by atoms with Crippen LogP contribution in [-0.2, 0) is 6.54 Å². The van der Waals surface area contributed by atoms with Crippen LogP contribution in [-0.4, -0.2) is 17.9 Å². The maximum atomic E-state index is 12.4. The molecule has 2 aromatic rings. The maximum absolute atomic E-state index is 12.4. The average Bonchev–Trinajstić information content (AvgIpc) is 2.49. The zero-order valence-corrected chi connectivity index (χ0v) is 12.3. The monoisotopic (exact) mass is 299 g/mol. The van der Waals surface area contributed by atoms with E-state index in [2.05, 4.69) is 6.07 Å². The number of anilines is 1. The van der Waals surface area contributed by atoms with E-state index in [0.29, 0.717) is 22.7 Å². The molecule has 2 rings (SSSR count). The molecule has 0 heterocycles. The Morgan fingerprint density at radius 2 is 2.05 bits per heavy atom. The minimum absolute atomic E-state index is 0.211. The molecular weight excluding hydrogens is 286 g/mol. The standard InChI is InChI=1S/C16H14ClN3O/c1-20(10-12-5-2-4-11(8-12)9-18)16(21)13-6-3-7-14(17)15(13)19/h2-8H,10,19H2,1H3. The summed E-state index contributed by atoms with van der Waals surface area (Å²) >= 11 is 5.93. The van der Waals surface area contributed by atoms with E-state index >= 15 is 0 Å². The lowest BCUT2D eigenvalue weighted by Crippen LogP contribution is -2.27. The first-order valence-corrected chi connectivity index (χ1v) is 6.69. The summed E-state index contributed by atoms with van der Waals surface area (Å²) in [6, 6.07) is 14.2. The summed E-state index contributed by atoms with van der Waals surface area (Å²) < 4.78 is 0. The third-order valence-electron chi connectivity index (χ3n) is 3.11. The van der Waals surface area contributed by atoms with Crippen molar-refractivity contribution in [2.45, 2.75) is 6.54 Å². The maximum Gasteiger partial charge on any atom is 0.256 e. The van der Waals surface area contributed by atoms with E-state index in [4.69, 9.17) is 22.6 Å². The predicted molar refractivity (Wildman–Crippen MR) is 82.8 cm³/mol. The number of nitriles is 1. The second-order valence-electron chi connectivity index (χ2n) is 4.67. The minimum atomic E-state index is -0.211. The number of carbonyl (C=O) groups is 1. The van der Waals surface area contributed by atoms with Crippen LogP contribution in [0.1, 0.15) is 21.5 Å². The molecule has 0 spiro atoms. The van der Waals surface area contributed by atoms with Gasteiger partial charge >= 0.3 is 0 Å². The van der Waals surface area contributed by atoms with Gasteiger partial charge in [-0.05, 0) is 29.8 Å². The fourth-order valence-electron chi connectivity index (χ4n) is 2.01. The molecule has 2 N–H and O–H groups in total. The van der Waals surface area contributed by atoms with E-state index in [1.807, 2.05) is 6.07 Å². The number of nitrogens with two attached hydrogens (primary N) is 1. The first kappa shape index (κ1) is 14.9. The summed E-state index contributed by atoms with van der Waals surface area (Å²) in [7, 11) is 1.68. The van der Waals surface area contributed by atoms with Gasteiger partial charge in [0.1, 0.15) is 0 Å². The molecule has 0 aliphatic heterocycles. The fourth-order valence-corrected chi connectivity index (χ4v) is 2.19. The van der Waals surface area contributed by atoms with Crippen LogP contribution in [0.15, 0.2) is 42.5 Å². The zero-order valence-electron chi connectivity index (χ0n) is 11.5. The minimum Gasteiger partial charge on any atom is -0.397 e. The normalized spacial score (nSPS) is 9.95. The second-order valence-corrected chi connectivity index (χ2v) is 5.08. The fraction of sp³-hybridized carbons (Fsp3) is 0.125. The van der Waals surface area contributed by atoms with Gasteiger partial charge in [0.05, 0.1) is 27.9 Å².